The molecule has 2 heteroatoms. The number of hydrogen-bond acceptors (Lipinski definition) is 2. The summed E-state index contributed by atoms with van der Waals surface area (Å²) < 4.78 is 17.8. The van der Waals surface area contributed by atoms with Gasteiger partial charge in [0.25, 0.3) is 0 Å². The molecule has 0 rings (SSSR count). The van der Waals surface area contributed by atoms with Crippen LogP contribution in [-0.4, -0.2) is 12.6 Å². The average molecular weight is 118 g/mol. The summed E-state index contributed by atoms with van der Waals surface area (Å²) in [5.74, 6) is -0.756. The van der Waals surface area contributed by atoms with Gasteiger partial charge >= 0.3 is 5.97 Å². The van der Waals surface area contributed by atoms with Crippen LogP contribution in [0.1, 0.15) is 29.4 Å². The molecule has 0 heterocycles. The van der Waals surface area contributed by atoms with E-state index in [4.69, 9.17) is 2.74 Å². The lowest BCUT2D eigenvalue weighted by molar-refractivity contribution is -0.141. The zero-order valence-electron chi connectivity index (χ0n) is 7.02. The number of ether oxygens (including phenoxy) is 1. The van der Waals surface area contributed by atoms with Crippen molar-refractivity contribution >= 4 is 5.97 Å². The summed E-state index contributed by atoms with van der Waals surface area (Å²) in [7, 11) is 0. The van der Waals surface area contributed by atoms with Crippen LogP contribution >= 0.6 is 0 Å². The third kappa shape index (κ3) is 5.47. The molecule has 0 radical (unpaired) electrons. The van der Waals surface area contributed by atoms with Crippen molar-refractivity contribution in [3.8, 4) is 0 Å². The van der Waals surface area contributed by atoms with Gasteiger partial charge in [0.2, 0.25) is 0 Å². The van der Waals surface area contributed by atoms with E-state index < -0.39 is 12.8 Å². The molecule has 0 aliphatic rings. The zero-order valence-corrected chi connectivity index (χ0v) is 5.02. The molecule has 0 bridgehead atoms. The minimum absolute atomic E-state index is 0.337. The van der Waals surface area contributed by atoms with Crippen molar-refractivity contribution in [3.63, 3.8) is 0 Å². The first-order chi connectivity index (χ1) is 4.68. The maximum absolute atomic E-state index is 10.4. The fraction of sp³-hybridized carbons (Fsp3) is 0.833. The predicted octanol–water partition coefficient (Wildman–Crippen LogP) is 1.35. The third-order valence-electron chi connectivity index (χ3n) is 0.742. The minimum atomic E-state index is -1.49. The molecular formula is C6H12O2. The van der Waals surface area contributed by atoms with E-state index in [-0.39, 0.29) is 0 Å². The smallest absolute Gasteiger partial charge is 0.302 e. The van der Waals surface area contributed by atoms with Crippen LogP contribution in [0.5, 0.6) is 0 Å². The highest BCUT2D eigenvalue weighted by Crippen LogP contribution is 1.86. The van der Waals surface area contributed by atoms with Gasteiger partial charge in [0.05, 0.1) is 6.61 Å². The van der Waals surface area contributed by atoms with Crippen LogP contribution in [0.3, 0.4) is 0 Å². The number of esters is 1. The van der Waals surface area contributed by atoms with Gasteiger partial charge in [-0.3, -0.25) is 4.79 Å². The van der Waals surface area contributed by atoms with Crippen molar-refractivity contribution < 1.29 is 12.3 Å². The molecule has 0 saturated carbocycles. The van der Waals surface area contributed by atoms with Crippen LogP contribution in [0.25, 0.3) is 0 Å². The van der Waals surface area contributed by atoms with Crippen LogP contribution in [0.4, 0.5) is 0 Å². The van der Waals surface area contributed by atoms with Gasteiger partial charge in [-0.1, -0.05) is 13.3 Å². The summed E-state index contributed by atoms with van der Waals surface area (Å²) in [6.45, 7) is 0.827. The van der Waals surface area contributed by atoms with Gasteiger partial charge in [0.1, 0.15) is 0 Å². The molecule has 0 amide bonds. The molecule has 0 saturated heterocycles. The van der Waals surface area contributed by atoms with Gasteiger partial charge in [-0.25, -0.2) is 0 Å². The Morgan fingerprint density at radius 1 is 1.88 bits per heavy atom. The summed E-state index contributed by atoms with van der Waals surface area (Å²) in [5, 5.41) is 0. The molecule has 0 aromatic heterocycles. The lowest BCUT2D eigenvalue weighted by Gasteiger charge is -1.96. The van der Waals surface area contributed by atoms with Crippen molar-refractivity contribution in [1.29, 1.82) is 0 Å². The SMILES string of the molecule is [2H]C([2H])C(=O)OCCCC. The summed E-state index contributed by atoms with van der Waals surface area (Å²) in [4.78, 5) is 10.4. The van der Waals surface area contributed by atoms with Gasteiger partial charge in [0.15, 0.2) is 0 Å². The molecular weight excluding hydrogens is 104 g/mol. The largest absolute Gasteiger partial charge is 0.466 e. The highest BCUT2D eigenvalue weighted by molar-refractivity contribution is 5.65. The topological polar surface area (TPSA) is 26.3 Å². The Morgan fingerprint density at radius 3 is 3.12 bits per heavy atom. The monoisotopic (exact) mass is 118 g/mol. The molecule has 0 atom stereocenters. The molecule has 0 aromatic rings. The molecule has 48 valence electrons. The van der Waals surface area contributed by atoms with Crippen LogP contribution in [0.2, 0.25) is 0 Å². The molecule has 0 aliphatic carbocycles. The van der Waals surface area contributed by atoms with E-state index >= 15 is 0 Å². The fourth-order valence-corrected chi connectivity index (χ4v) is 0.317. The minimum Gasteiger partial charge on any atom is -0.466 e. The van der Waals surface area contributed by atoms with Crippen molar-refractivity contribution in [2.45, 2.75) is 26.6 Å². The predicted molar refractivity (Wildman–Crippen MR) is 31.5 cm³/mol. The average Bonchev–Trinajstić information content (AvgIpc) is 1.88. The van der Waals surface area contributed by atoms with E-state index in [1.807, 2.05) is 6.92 Å². The van der Waals surface area contributed by atoms with Gasteiger partial charge in [0, 0.05) is 9.62 Å². The van der Waals surface area contributed by atoms with Crippen LogP contribution in [0, 0.1) is 0 Å². The number of unbranched alkanes of at least 4 members (excludes halogenated alkanes) is 1. The quantitative estimate of drug-likeness (QED) is 0.413. The van der Waals surface area contributed by atoms with E-state index in [0.717, 1.165) is 12.8 Å². The summed E-state index contributed by atoms with van der Waals surface area (Å²) in [5.41, 5.74) is 0. The van der Waals surface area contributed by atoms with Crippen LogP contribution in [-0.2, 0) is 9.53 Å². The highest BCUT2D eigenvalue weighted by Gasteiger charge is 1.88. The first kappa shape index (κ1) is 4.36. The Bertz CT molecular complexity index is 104. The summed E-state index contributed by atoms with van der Waals surface area (Å²) >= 11 is 0. The van der Waals surface area contributed by atoms with E-state index in [2.05, 4.69) is 4.74 Å². The fourth-order valence-electron chi connectivity index (χ4n) is 0.317. The molecule has 0 unspecified atom stereocenters. The molecule has 0 aromatic carbocycles. The van der Waals surface area contributed by atoms with Crippen molar-refractivity contribution in [2.75, 3.05) is 6.61 Å². The van der Waals surface area contributed by atoms with E-state index in [1.54, 1.807) is 0 Å². The number of carbonyl (C=O) groups excluding carboxylic acids is 1. The molecule has 0 aliphatic heterocycles. The van der Waals surface area contributed by atoms with Crippen molar-refractivity contribution in [1.82, 2.24) is 0 Å². The maximum atomic E-state index is 10.4. The molecule has 8 heavy (non-hydrogen) atoms. The van der Waals surface area contributed by atoms with Gasteiger partial charge < -0.3 is 4.74 Å². The highest BCUT2D eigenvalue weighted by atomic mass is 16.5. The second-order valence-electron chi connectivity index (χ2n) is 1.52. The van der Waals surface area contributed by atoms with E-state index in [0.29, 0.717) is 6.61 Å². The Morgan fingerprint density at radius 2 is 2.62 bits per heavy atom. The number of carbonyl (C=O) groups is 1. The number of rotatable bonds is 3. The molecule has 0 N–H and O–H groups in total. The van der Waals surface area contributed by atoms with E-state index in [1.165, 1.54) is 0 Å². The Balaban J connectivity index is 3.22. The molecule has 0 fully saturated rings. The second kappa shape index (κ2) is 4.62. The van der Waals surface area contributed by atoms with Crippen LogP contribution in [0.15, 0.2) is 0 Å². The first-order valence-corrected chi connectivity index (χ1v) is 2.69. The number of hydrogen-bond donors (Lipinski definition) is 0. The lowest BCUT2D eigenvalue weighted by Crippen LogP contribution is -1.99. The van der Waals surface area contributed by atoms with E-state index in [9.17, 15) is 4.79 Å². The third-order valence-corrected chi connectivity index (χ3v) is 0.742. The Kier molecular flexibility index (Phi) is 2.52. The van der Waals surface area contributed by atoms with Gasteiger partial charge in [-0.2, -0.15) is 0 Å². The zero-order chi connectivity index (χ0) is 7.98. The second-order valence-corrected chi connectivity index (χ2v) is 1.52. The van der Waals surface area contributed by atoms with Crippen molar-refractivity contribution in [2.24, 2.45) is 0 Å². The first-order valence-electron chi connectivity index (χ1n) is 3.85. The maximum Gasteiger partial charge on any atom is 0.302 e. The Hall–Kier alpha value is -0.530. The molecule has 2 nitrogen and oxygen atoms in total. The standard InChI is InChI=1S/C6H12O2/c1-3-4-5-8-6(2)7/h3-5H2,1-2H3/i2D2. The summed E-state index contributed by atoms with van der Waals surface area (Å²) in [6, 6.07) is 0. The normalized spacial score (nSPS) is 12.8. The molecule has 0 spiro atoms. The lowest BCUT2D eigenvalue weighted by atomic mass is 10.4. The van der Waals surface area contributed by atoms with Gasteiger partial charge in [-0.05, 0) is 6.42 Å². The summed E-state index contributed by atoms with van der Waals surface area (Å²) in [6.07, 6.45) is 1.76. The van der Waals surface area contributed by atoms with Gasteiger partial charge in [-0.15, -0.1) is 0 Å². The van der Waals surface area contributed by atoms with Crippen molar-refractivity contribution in [3.05, 3.63) is 0 Å². The van der Waals surface area contributed by atoms with Crippen LogP contribution < -0.4 is 0 Å². The Labute approximate surface area is 52.6 Å².